The van der Waals surface area contributed by atoms with Crippen LogP contribution in [-0.4, -0.2) is 12.3 Å². The van der Waals surface area contributed by atoms with E-state index in [2.05, 4.69) is 180 Å². The smallest absolute Gasteiger partial charge is 0.252 e. The fraction of sp³-hybridized carbons (Fsp3) is 0.160. The molecule has 0 saturated heterocycles. The normalized spacial score (nSPS) is 20.3. The Bertz CT molecular complexity index is 2850. The Morgan fingerprint density at radius 3 is 2.20 bits per heavy atom. The maximum atomic E-state index is 6.43. The van der Waals surface area contributed by atoms with Gasteiger partial charge in [-0.2, -0.15) is 0 Å². The standard InChI is InChI=1S/C50H40BN3O/c1-49-30-11-12-31-50(49,2)54-42-25-14-24-41-47(42)51(39-22-13-21-37(49)48(39)54)38-29-28-35(32-43(38)53(41)34-18-7-4-8-19-34)52(33-16-5-3-6-17-33)40-23-15-27-45-46(40)36-20-9-10-26-44(36)55-45/h3-10,13-29,32H,11-12,30-31H2,1-2H3. The van der Waals surface area contributed by atoms with Crippen LogP contribution < -0.4 is 31.1 Å². The molecule has 1 saturated carbocycles. The van der Waals surface area contributed by atoms with Crippen molar-refractivity contribution in [3.8, 4) is 0 Å². The second kappa shape index (κ2) is 11.2. The molecule has 4 aliphatic rings. The first-order valence-corrected chi connectivity index (χ1v) is 19.9. The zero-order valence-electron chi connectivity index (χ0n) is 31.2. The molecule has 4 heterocycles. The minimum absolute atomic E-state index is 0.0138. The Balaban J connectivity index is 1.14. The van der Waals surface area contributed by atoms with Crippen LogP contribution in [0, 0.1) is 0 Å². The van der Waals surface area contributed by atoms with Gasteiger partial charge in [0.25, 0.3) is 6.71 Å². The van der Waals surface area contributed by atoms with E-state index < -0.39 is 0 Å². The van der Waals surface area contributed by atoms with Gasteiger partial charge < -0.3 is 19.1 Å². The van der Waals surface area contributed by atoms with Crippen molar-refractivity contribution in [2.45, 2.75) is 50.5 Å². The Kier molecular flexibility index (Phi) is 6.34. The number of para-hydroxylation sites is 4. The van der Waals surface area contributed by atoms with E-state index in [0.29, 0.717) is 0 Å². The van der Waals surface area contributed by atoms with Gasteiger partial charge in [-0.1, -0.05) is 111 Å². The number of nitrogens with zero attached hydrogens (tertiary/aromatic N) is 3. The molecule has 0 radical (unpaired) electrons. The molecule has 8 aromatic rings. The highest BCUT2D eigenvalue weighted by atomic mass is 16.3. The molecule has 264 valence electrons. The molecule has 2 atom stereocenters. The summed E-state index contributed by atoms with van der Waals surface area (Å²) in [6, 6.07) is 58.0. The van der Waals surface area contributed by atoms with Crippen molar-refractivity contribution in [1.29, 1.82) is 0 Å². The minimum atomic E-state index is 0.0138. The molecule has 3 aliphatic heterocycles. The van der Waals surface area contributed by atoms with Crippen molar-refractivity contribution in [3.05, 3.63) is 163 Å². The largest absolute Gasteiger partial charge is 0.456 e. The Hall–Kier alpha value is -6.20. The van der Waals surface area contributed by atoms with E-state index in [0.717, 1.165) is 44.7 Å². The predicted molar refractivity (Wildman–Crippen MR) is 231 cm³/mol. The van der Waals surface area contributed by atoms with Crippen LogP contribution in [0.3, 0.4) is 0 Å². The van der Waals surface area contributed by atoms with Crippen LogP contribution in [-0.2, 0) is 5.41 Å². The molecule has 1 aliphatic carbocycles. The van der Waals surface area contributed by atoms with Gasteiger partial charge in [0.05, 0.1) is 16.6 Å². The molecular weight excluding hydrogens is 669 g/mol. The summed E-state index contributed by atoms with van der Waals surface area (Å²) in [5.74, 6) is 0. The summed E-state index contributed by atoms with van der Waals surface area (Å²) in [6.45, 7) is 5.21. The van der Waals surface area contributed by atoms with Crippen molar-refractivity contribution in [2.24, 2.45) is 0 Å². The SMILES string of the molecule is CC12CCCCC1(C)N1c3cccc4c3B(c3ccc(N(c5ccccc5)c5cccc6oc7ccccc7c56)cc3N4c3ccccc3)c3cccc2c31. The van der Waals surface area contributed by atoms with Crippen molar-refractivity contribution < 1.29 is 4.42 Å². The summed E-state index contributed by atoms with van der Waals surface area (Å²) in [5.41, 5.74) is 17.4. The maximum Gasteiger partial charge on any atom is 0.252 e. The zero-order chi connectivity index (χ0) is 36.5. The molecule has 0 spiro atoms. The molecule has 1 fully saturated rings. The third-order valence-corrected chi connectivity index (χ3v) is 13.8. The predicted octanol–water partition coefficient (Wildman–Crippen LogP) is 11.4. The van der Waals surface area contributed by atoms with Gasteiger partial charge >= 0.3 is 0 Å². The third kappa shape index (κ3) is 4.03. The molecule has 0 N–H and O–H groups in total. The summed E-state index contributed by atoms with van der Waals surface area (Å²) in [5, 5.41) is 2.23. The number of rotatable bonds is 4. The second-order valence-electron chi connectivity index (χ2n) is 16.4. The maximum absolute atomic E-state index is 6.43. The number of anilines is 8. The van der Waals surface area contributed by atoms with Crippen LogP contribution in [0.5, 0.6) is 0 Å². The van der Waals surface area contributed by atoms with Crippen molar-refractivity contribution in [1.82, 2.24) is 0 Å². The van der Waals surface area contributed by atoms with Crippen molar-refractivity contribution >= 4 is 90.5 Å². The van der Waals surface area contributed by atoms with E-state index in [1.54, 1.807) is 0 Å². The van der Waals surface area contributed by atoms with Gasteiger partial charge in [0.2, 0.25) is 0 Å². The monoisotopic (exact) mass is 709 g/mol. The van der Waals surface area contributed by atoms with Crippen LogP contribution in [0.2, 0.25) is 0 Å². The number of hydrogen-bond donors (Lipinski definition) is 0. The van der Waals surface area contributed by atoms with E-state index in [4.69, 9.17) is 4.42 Å². The average molecular weight is 710 g/mol. The Morgan fingerprint density at radius 2 is 1.33 bits per heavy atom. The molecule has 1 aromatic heterocycles. The lowest BCUT2D eigenvalue weighted by molar-refractivity contribution is 0.195. The molecule has 0 amide bonds. The van der Waals surface area contributed by atoms with Gasteiger partial charge in [-0.15, -0.1) is 0 Å². The molecular formula is C50H40BN3O. The number of hydrogen-bond acceptors (Lipinski definition) is 4. The van der Waals surface area contributed by atoms with Gasteiger partial charge in [0.15, 0.2) is 0 Å². The first kappa shape index (κ1) is 31.2. The van der Waals surface area contributed by atoms with E-state index in [1.165, 1.54) is 70.4 Å². The van der Waals surface area contributed by atoms with Crippen LogP contribution in [0.1, 0.15) is 45.1 Å². The lowest BCUT2D eigenvalue weighted by Crippen LogP contribution is -2.64. The highest BCUT2D eigenvalue weighted by molar-refractivity contribution is 7.00. The second-order valence-corrected chi connectivity index (χ2v) is 16.4. The third-order valence-electron chi connectivity index (χ3n) is 13.8. The van der Waals surface area contributed by atoms with E-state index in [-0.39, 0.29) is 17.7 Å². The molecule has 0 bridgehead atoms. The summed E-state index contributed by atoms with van der Waals surface area (Å²) in [4.78, 5) is 7.73. The lowest BCUT2D eigenvalue weighted by atomic mass is 9.33. The average Bonchev–Trinajstić information content (AvgIpc) is 3.71. The van der Waals surface area contributed by atoms with Crippen LogP contribution in [0.25, 0.3) is 21.9 Å². The van der Waals surface area contributed by atoms with E-state index >= 15 is 0 Å². The first-order chi connectivity index (χ1) is 27.0. The lowest BCUT2D eigenvalue weighted by Gasteiger charge is -2.52. The summed E-state index contributed by atoms with van der Waals surface area (Å²) < 4.78 is 6.43. The summed E-state index contributed by atoms with van der Waals surface area (Å²) >= 11 is 0. The number of fused-ring (bicyclic) bond motifs is 10. The fourth-order valence-electron chi connectivity index (χ4n) is 11.1. The summed E-state index contributed by atoms with van der Waals surface area (Å²) in [6.07, 6.45) is 4.97. The Labute approximate surface area is 322 Å². The topological polar surface area (TPSA) is 22.9 Å². The summed E-state index contributed by atoms with van der Waals surface area (Å²) in [7, 11) is 0. The molecule has 5 heteroatoms. The highest BCUT2D eigenvalue weighted by Gasteiger charge is 2.61. The van der Waals surface area contributed by atoms with Gasteiger partial charge in [-0.05, 0) is 108 Å². The van der Waals surface area contributed by atoms with E-state index in [1.807, 2.05) is 6.07 Å². The van der Waals surface area contributed by atoms with Crippen molar-refractivity contribution in [2.75, 3.05) is 14.7 Å². The molecule has 2 unspecified atom stereocenters. The van der Waals surface area contributed by atoms with Gasteiger partial charge in [-0.25, -0.2) is 0 Å². The molecule has 7 aromatic carbocycles. The van der Waals surface area contributed by atoms with Crippen LogP contribution in [0.4, 0.5) is 45.5 Å². The van der Waals surface area contributed by atoms with Gasteiger partial charge in [0.1, 0.15) is 11.2 Å². The Morgan fingerprint density at radius 1 is 0.600 bits per heavy atom. The first-order valence-electron chi connectivity index (χ1n) is 19.9. The molecule has 12 rings (SSSR count). The number of furan rings is 1. The van der Waals surface area contributed by atoms with E-state index in [9.17, 15) is 0 Å². The van der Waals surface area contributed by atoms with Crippen LogP contribution >= 0.6 is 0 Å². The molecule has 55 heavy (non-hydrogen) atoms. The zero-order valence-corrected chi connectivity index (χ0v) is 31.2. The molecule has 4 nitrogen and oxygen atoms in total. The van der Waals surface area contributed by atoms with Gasteiger partial charge in [-0.3, -0.25) is 0 Å². The van der Waals surface area contributed by atoms with Crippen LogP contribution in [0.15, 0.2) is 162 Å². The quantitative estimate of drug-likeness (QED) is 0.170. The number of benzene rings is 7. The van der Waals surface area contributed by atoms with Gasteiger partial charge in [0, 0.05) is 50.6 Å². The minimum Gasteiger partial charge on any atom is -0.456 e. The highest BCUT2D eigenvalue weighted by Crippen LogP contribution is 2.61. The fourth-order valence-corrected chi connectivity index (χ4v) is 11.1. The van der Waals surface area contributed by atoms with Crippen molar-refractivity contribution in [3.63, 3.8) is 0 Å².